The number of alkyl halides is 2. The van der Waals surface area contributed by atoms with Crippen LogP contribution in [0.3, 0.4) is 0 Å². The van der Waals surface area contributed by atoms with E-state index in [-0.39, 0.29) is 0 Å². The van der Waals surface area contributed by atoms with Crippen LogP contribution in [-0.4, -0.2) is 54.8 Å². The molecule has 0 aliphatic heterocycles. The Kier molecular flexibility index (Phi) is 9.11. The number of rotatable bonds is 11. The molecule has 0 saturated heterocycles. The van der Waals surface area contributed by atoms with Gasteiger partial charge >= 0.3 is 0 Å². The first kappa shape index (κ1) is 26.5. The molecule has 10 nitrogen and oxygen atoms in total. The van der Waals surface area contributed by atoms with Crippen LogP contribution in [-0.2, 0) is 11.3 Å². The van der Waals surface area contributed by atoms with Crippen molar-refractivity contribution in [3.63, 3.8) is 0 Å². The second kappa shape index (κ2) is 12.0. The number of nitrogens with one attached hydrogen (secondary N) is 3. The van der Waals surface area contributed by atoms with Crippen molar-refractivity contribution < 1.29 is 14.3 Å². The number of hydrogen-bond acceptors (Lipinski definition) is 6. The number of hydrogen-bond donors (Lipinski definition) is 3. The van der Waals surface area contributed by atoms with E-state index in [1.54, 1.807) is 36.3 Å². The van der Waals surface area contributed by atoms with Crippen molar-refractivity contribution in [2.45, 2.75) is 57.5 Å². The molecule has 0 radical (unpaired) electrons. The van der Waals surface area contributed by atoms with Crippen LogP contribution in [0.1, 0.15) is 48.1 Å². The number of nitrogens with zero attached hydrogens (tertiary/aromatic N) is 4. The summed E-state index contributed by atoms with van der Waals surface area (Å²) in [5.41, 5.74) is 3.70. The smallest absolute Gasteiger partial charge is 0.270 e. The monoisotopic (exact) mass is 521 g/mol. The third kappa shape index (κ3) is 6.52. The number of H-pyrrole nitrogens is 1. The molecule has 0 fully saturated rings. The fourth-order valence-electron chi connectivity index (χ4n) is 3.78. The Bertz CT molecular complexity index is 1160. The van der Waals surface area contributed by atoms with Crippen LogP contribution in [0.4, 0.5) is 5.82 Å². The minimum Gasteiger partial charge on any atom is -0.496 e. The summed E-state index contributed by atoms with van der Waals surface area (Å²) in [6.07, 6.45) is 4.53. The van der Waals surface area contributed by atoms with Gasteiger partial charge < -0.3 is 15.4 Å². The Balaban J connectivity index is 1.79. The molecule has 3 aromatic rings. The number of halogens is 2. The first-order chi connectivity index (χ1) is 16.7. The fourth-order valence-corrected chi connectivity index (χ4v) is 4.09. The average Bonchev–Trinajstić information content (AvgIpc) is 3.44. The van der Waals surface area contributed by atoms with Gasteiger partial charge in [-0.25, -0.2) is 4.98 Å². The molecule has 188 valence electrons. The molecule has 0 saturated carbocycles. The van der Waals surface area contributed by atoms with Crippen molar-refractivity contribution in [3.05, 3.63) is 41.6 Å². The van der Waals surface area contributed by atoms with Crippen molar-refractivity contribution >= 4 is 40.8 Å². The number of aromatic amines is 1. The standard InChI is InChI=1S/C23H29Cl2N7O3/c1-5-32-17(9-10-27-32)23(34)28-16(7-6-8-19(24)25)22(33)29-20-11-18(35-4)15(12-26-20)21-13(2)30-31-14(21)3/h9-12,16,19H,5-8H2,1-4H3,(H,28,34)(H,30,31)(H,26,29,33). The van der Waals surface area contributed by atoms with Crippen molar-refractivity contribution in [3.8, 4) is 16.9 Å². The Labute approximate surface area is 213 Å². The zero-order valence-corrected chi connectivity index (χ0v) is 21.6. The largest absolute Gasteiger partial charge is 0.496 e. The van der Waals surface area contributed by atoms with Crippen LogP contribution in [0.25, 0.3) is 11.1 Å². The zero-order chi connectivity index (χ0) is 25.5. The second-order valence-corrected chi connectivity index (χ2v) is 9.23. The van der Waals surface area contributed by atoms with Crippen LogP contribution < -0.4 is 15.4 Å². The van der Waals surface area contributed by atoms with Gasteiger partial charge in [0.2, 0.25) is 5.91 Å². The summed E-state index contributed by atoms with van der Waals surface area (Å²) < 4.78 is 7.11. The molecule has 35 heavy (non-hydrogen) atoms. The highest BCUT2D eigenvalue weighted by atomic mass is 35.5. The van der Waals surface area contributed by atoms with Crippen LogP contribution >= 0.6 is 23.2 Å². The predicted molar refractivity (Wildman–Crippen MR) is 135 cm³/mol. The highest BCUT2D eigenvalue weighted by molar-refractivity contribution is 6.44. The SMILES string of the molecule is CCn1nccc1C(=O)NC(CCCC(Cl)Cl)C(=O)Nc1cc(OC)c(-c2c(C)n[nH]c2C)cn1. The number of amides is 2. The lowest BCUT2D eigenvalue weighted by atomic mass is 10.0. The topological polar surface area (TPSA) is 127 Å². The van der Waals surface area contributed by atoms with Gasteiger partial charge in [-0.1, -0.05) is 0 Å². The molecule has 1 unspecified atom stereocenters. The molecule has 12 heteroatoms. The lowest BCUT2D eigenvalue weighted by Gasteiger charge is -2.19. The van der Waals surface area contributed by atoms with Crippen LogP contribution in [0.15, 0.2) is 24.5 Å². The summed E-state index contributed by atoms with van der Waals surface area (Å²) in [6.45, 7) is 6.20. The molecular formula is C23H29Cl2N7O3. The fraction of sp³-hybridized carbons (Fsp3) is 0.435. The van der Waals surface area contributed by atoms with Crippen LogP contribution in [0.5, 0.6) is 5.75 Å². The van der Waals surface area contributed by atoms with Crippen molar-refractivity contribution in [1.82, 2.24) is 30.3 Å². The molecule has 3 aromatic heterocycles. The molecule has 1 atom stereocenters. The average molecular weight is 522 g/mol. The Hall–Kier alpha value is -3.11. The van der Waals surface area contributed by atoms with Crippen molar-refractivity contribution in [2.75, 3.05) is 12.4 Å². The molecular weight excluding hydrogens is 493 g/mol. The minimum absolute atomic E-state index is 0.291. The number of anilines is 1. The van der Waals surface area contributed by atoms with E-state index in [9.17, 15) is 9.59 Å². The molecule has 0 bridgehead atoms. The summed E-state index contributed by atoms with van der Waals surface area (Å²) in [4.78, 5) is 29.8. The molecule has 0 aromatic carbocycles. The number of methoxy groups -OCH3 is 1. The van der Waals surface area contributed by atoms with E-state index in [0.29, 0.717) is 43.1 Å². The number of carbonyl (C=O) groups is 2. The maximum absolute atomic E-state index is 13.2. The summed E-state index contributed by atoms with van der Waals surface area (Å²) in [7, 11) is 1.55. The molecule has 3 heterocycles. The Morgan fingerprint density at radius 2 is 2.03 bits per heavy atom. The maximum Gasteiger partial charge on any atom is 0.270 e. The summed E-state index contributed by atoms with van der Waals surface area (Å²) >= 11 is 11.7. The Morgan fingerprint density at radius 1 is 1.26 bits per heavy atom. The Morgan fingerprint density at radius 3 is 2.66 bits per heavy atom. The molecule has 0 aliphatic rings. The molecule has 0 spiro atoms. The minimum atomic E-state index is -0.833. The molecule has 3 rings (SSSR count). The normalized spacial score (nSPS) is 12.0. The van der Waals surface area contributed by atoms with Gasteiger partial charge in [0.05, 0.1) is 12.8 Å². The lowest BCUT2D eigenvalue weighted by molar-refractivity contribution is -0.118. The second-order valence-electron chi connectivity index (χ2n) is 7.95. The first-order valence-corrected chi connectivity index (χ1v) is 12.1. The van der Waals surface area contributed by atoms with Gasteiger partial charge in [0, 0.05) is 41.8 Å². The summed E-state index contributed by atoms with van der Waals surface area (Å²) in [5.74, 6) is 0.00597. The van der Waals surface area contributed by atoms with Crippen LogP contribution in [0, 0.1) is 13.8 Å². The number of pyridine rings is 1. The number of carbonyl (C=O) groups excluding carboxylic acids is 2. The van der Waals surface area contributed by atoms with Gasteiger partial charge in [0.1, 0.15) is 28.1 Å². The summed E-state index contributed by atoms with van der Waals surface area (Å²) in [5, 5.41) is 16.9. The van der Waals surface area contributed by atoms with E-state index < -0.39 is 22.7 Å². The van der Waals surface area contributed by atoms with Gasteiger partial charge in [0.15, 0.2) is 0 Å². The maximum atomic E-state index is 13.2. The number of aromatic nitrogens is 5. The van der Waals surface area contributed by atoms with Gasteiger partial charge in [-0.15, -0.1) is 23.2 Å². The molecule has 3 N–H and O–H groups in total. The zero-order valence-electron chi connectivity index (χ0n) is 20.1. The van der Waals surface area contributed by atoms with E-state index in [2.05, 4.69) is 30.9 Å². The highest BCUT2D eigenvalue weighted by Gasteiger charge is 2.24. The first-order valence-electron chi connectivity index (χ1n) is 11.2. The lowest BCUT2D eigenvalue weighted by Crippen LogP contribution is -2.44. The van der Waals surface area contributed by atoms with Crippen molar-refractivity contribution in [2.24, 2.45) is 0 Å². The third-order valence-electron chi connectivity index (χ3n) is 5.52. The van der Waals surface area contributed by atoms with Gasteiger partial charge in [-0.05, 0) is 46.1 Å². The van der Waals surface area contributed by atoms with E-state index in [1.165, 1.54) is 0 Å². The molecule has 0 aliphatic carbocycles. The third-order valence-corrected chi connectivity index (χ3v) is 5.96. The van der Waals surface area contributed by atoms with Gasteiger partial charge in [-0.3, -0.25) is 19.4 Å². The quantitative estimate of drug-likeness (QED) is 0.327. The number of aryl methyl sites for hydroxylation is 3. The number of ether oxygens (including phenoxy) is 1. The van der Waals surface area contributed by atoms with Crippen LogP contribution in [0.2, 0.25) is 0 Å². The van der Waals surface area contributed by atoms with Gasteiger partial charge in [0.25, 0.3) is 5.91 Å². The van der Waals surface area contributed by atoms with E-state index in [4.69, 9.17) is 27.9 Å². The van der Waals surface area contributed by atoms with Crippen molar-refractivity contribution in [1.29, 1.82) is 0 Å². The predicted octanol–water partition coefficient (Wildman–Crippen LogP) is 4.02. The van der Waals surface area contributed by atoms with E-state index in [1.807, 2.05) is 20.8 Å². The van der Waals surface area contributed by atoms with Gasteiger partial charge in [-0.2, -0.15) is 10.2 Å². The van der Waals surface area contributed by atoms with E-state index in [0.717, 1.165) is 22.5 Å². The van der Waals surface area contributed by atoms with E-state index >= 15 is 0 Å². The summed E-state index contributed by atoms with van der Waals surface area (Å²) in [6, 6.07) is 2.41. The highest BCUT2D eigenvalue weighted by Crippen LogP contribution is 2.34. The molecule has 2 amide bonds.